The Labute approximate surface area is 232 Å². The summed E-state index contributed by atoms with van der Waals surface area (Å²) in [6.07, 6.45) is 0. The summed E-state index contributed by atoms with van der Waals surface area (Å²) in [5, 5.41) is 26.8. The van der Waals surface area contributed by atoms with E-state index < -0.39 is 5.91 Å². The zero-order chi connectivity index (χ0) is 28.5. The van der Waals surface area contributed by atoms with Crippen LogP contribution in [0.3, 0.4) is 0 Å². The van der Waals surface area contributed by atoms with E-state index in [4.69, 9.17) is 41.5 Å². The number of primary amides is 1. The molecule has 0 saturated carbocycles. The monoisotopic (exact) mass is 563 g/mol. The number of carbonyl (C=O) groups excluding carboxylic acids is 1. The Bertz CT molecular complexity index is 1090. The smallest absolute Gasteiger partial charge is 0.250 e. The number of rotatable bonds is 20. The first-order valence-corrected chi connectivity index (χ1v) is 13.3. The molecule has 0 atom stereocenters. The molecule has 0 saturated heterocycles. The molecule has 1 heterocycles. The van der Waals surface area contributed by atoms with Crippen LogP contribution in [0.4, 0.5) is 21.4 Å². The molecule has 0 aliphatic rings. The molecule has 1 amide bonds. The number of nitrogens with two attached hydrogens (primary N) is 1. The molecular formula is C26H37N5O7S. The number of aliphatic hydroxyl groups excluding tert-OH is 2. The van der Waals surface area contributed by atoms with E-state index in [1.165, 1.54) is 0 Å². The first kappa shape index (κ1) is 32.3. The summed E-state index contributed by atoms with van der Waals surface area (Å²) in [5.74, 6) is -0.639. The van der Waals surface area contributed by atoms with E-state index in [-0.39, 0.29) is 32.0 Å². The highest BCUT2D eigenvalue weighted by Crippen LogP contribution is 2.41. The molecule has 13 heteroatoms. The van der Waals surface area contributed by atoms with Crippen molar-refractivity contribution in [3.63, 3.8) is 0 Å². The number of ether oxygens (including phenoxy) is 4. The Hall–Kier alpha value is -2.96. The van der Waals surface area contributed by atoms with Gasteiger partial charge in [0.15, 0.2) is 0 Å². The molecule has 0 unspecified atom stereocenters. The number of anilines is 1. The zero-order valence-corrected chi connectivity index (χ0v) is 23.2. The molecule has 0 aliphatic heterocycles. The maximum absolute atomic E-state index is 11.9. The van der Waals surface area contributed by atoms with Crippen molar-refractivity contribution in [1.29, 1.82) is 0 Å². The first-order chi connectivity index (χ1) is 18.9. The summed E-state index contributed by atoms with van der Waals surface area (Å²) in [6.45, 7) is 15.3. The van der Waals surface area contributed by atoms with Gasteiger partial charge in [-0.3, -0.25) is 4.79 Å². The number of amides is 1. The Morgan fingerprint density at radius 2 is 1.51 bits per heavy atom. The minimum absolute atomic E-state index is 0.0188. The molecular weight excluding hydrogens is 526 g/mol. The van der Waals surface area contributed by atoms with Crippen molar-refractivity contribution in [2.75, 3.05) is 84.1 Å². The standard InChI is InChI=1S/C26H37N5O7S/c1-19-18-21(4-5-22(19)29-30-26-23(24(27)34)20(2)25(28-3)39-26)31(6-10-35-14-16-37-12-8-32)7-11-36-15-17-38-13-9-33/h4-5,18,32-33H,6-17H2,1-2H3,(H2,27,34). The molecule has 0 bridgehead atoms. The SMILES string of the molecule is [C-]#[N+]c1sc(N=Nc2ccc(N(CCOCCOCCO)CCOCCOCCO)cc2C)c(C(N)=O)c1C. The third-order valence-electron chi connectivity index (χ3n) is 5.47. The van der Waals surface area contributed by atoms with Gasteiger partial charge in [0.2, 0.25) is 5.00 Å². The molecule has 0 fully saturated rings. The van der Waals surface area contributed by atoms with Crippen molar-refractivity contribution < 1.29 is 34.0 Å². The molecule has 0 radical (unpaired) electrons. The summed E-state index contributed by atoms with van der Waals surface area (Å²) in [7, 11) is 0. The van der Waals surface area contributed by atoms with E-state index >= 15 is 0 Å². The highest BCUT2D eigenvalue weighted by atomic mass is 32.1. The van der Waals surface area contributed by atoms with Gasteiger partial charge in [-0.05, 0) is 43.2 Å². The van der Waals surface area contributed by atoms with Crippen LogP contribution in [-0.2, 0) is 18.9 Å². The number of aryl methyl sites for hydroxylation is 1. The largest absolute Gasteiger partial charge is 0.394 e. The van der Waals surface area contributed by atoms with E-state index in [2.05, 4.69) is 20.0 Å². The number of thiophene rings is 1. The quantitative estimate of drug-likeness (QED) is 0.126. The number of nitrogens with zero attached hydrogens (tertiary/aromatic N) is 4. The third kappa shape index (κ3) is 11.0. The lowest BCUT2D eigenvalue weighted by Gasteiger charge is -2.25. The fraction of sp³-hybridized carbons (Fsp3) is 0.538. The van der Waals surface area contributed by atoms with Gasteiger partial charge < -0.3 is 39.8 Å². The molecule has 2 aromatic rings. The summed E-state index contributed by atoms with van der Waals surface area (Å²) in [5.41, 5.74) is 8.68. The summed E-state index contributed by atoms with van der Waals surface area (Å²) in [6, 6.07) is 5.76. The summed E-state index contributed by atoms with van der Waals surface area (Å²) >= 11 is 1.09. The van der Waals surface area contributed by atoms with Crippen LogP contribution in [0.1, 0.15) is 21.5 Å². The first-order valence-electron chi connectivity index (χ1n) is 12.5. The average Bonchev–Trinajstić information content (AvgIpc) is 3.25. The highest BCUT2D eigenvalue weighted by Gasteiger charge is 2.19. The lowest BCUT2D eigenvalue weighted by molar-refractivity contribution is 0.0316. The molecule has 2 rings (SSSR count). The average molecular weight is 564 g/mol. The molecule has 4 N–H and O–H groups in total. The summed E-state index contributed by atoms with van der Waals surface area (Å²) in [4.78, 5) is 17.4. The van der Waals surface area contributed by atoms with Crippen molar-refractivity contribution in [3.8, 4) is 0 Å². The zero-order valence-electron chi connectivity index (χ0n) is 22.4. The fourth-order valence-corrected chi connectivity index (χ4v) is 4.42. The van der Waals surface area contributed by atoms with Crippen LogP contribution >= 0.6 is 11.3 Å². The minimum atomic E-state index is -0.639. The van der Waals surface area contributed by atoms with Gasteiger partial charge in [0.1, 0.15) is 5.00 Å². The molecule has 39 heavy (non-hydrogen) atoms. The van der Waals surface area contributed by atoms with Crippen LogP contribution in [0.2, 0.25) is 0 Å². The van der Waals surface area contributed by atoms with Gasteiger partial charge in [-0.1, -0.05) is 0 Å². The predicted molar refractivity (Wildman–Crippen MR) is 149 cm³/mol. The predicted octanol–water partition coefficient (Wildman–Crippen LogP) is 3.29. The third-order valence-corrected chi connectivity index (χ3v) is 6.54. The van der Waals surface area contributed by atoms with E-state index in [1.54, 1.807) is 6.92 Å². The van der Waals surface area contributed by atoms with E-state index in [1.807, 2.05) is 25.1 Å². The lowest BCUT2D eigenvalue weighted by Crippen LogP contribution is -2.31. The maximum atomic E-state index is 11.9. The normalized spacial score (nSPS) is 11.3. The molecule has 0 spiro atoms. The lowest BCUT2D eigenvalue weighted by atomic mass is 10.1. The van der Waals surface area contributed by atoms with Crippen molar-refractivity contribution in [1.82, 2.24) is 0 Å². The number of carbonyl (C=O) groups is 1. The van der Waals surface area contributed by atoms with Gasteiger partial charge in [-0.15, -0.1) is 21.6 Å². The maximum Gasteiger partial charge on any atom is 0.250 e. The van der Waals surface area contributed by atoms with Crippen molar-refractivity contribution in [3.05, 3.63) is 46.3 Å². The highest BCUT2D eigenvalue weighted by molar-refractivity contribution is 7.20. The number of hydrogen-bond donors (Lipinski definition) is 3. The second-order valence-corrected chi connectivity index (χ2v) is 9.22. The van der Waals surface area contributed by atoms with Gasteiger partial charge in [0.25, 0.3) is 5.91 Å². The van der Waals surface area contributed by atoms with Gasteiger partial charge in [-0.2, -0.15) is 0 Å². The minimum Gasteiger partial charge on any atom is -0.394 e. The van der Waals surface area contributed by atoms with Crippen molar-refractivity contribution in [2.24, 2.45) is 16.0 Å². The Balaban J connectivity index is 2.07. The molecule has 12 nitrogen and oxygen atoms in total. The number of azo groups is 1. The number of hydrogen-bond acceptors (Lipinski definition) is 11. The van der Waals surface area contributed by atoms with E-state index in [0.717, 1.165) is 22.6 Å². The number of aliphatic hydroxyl groups is 2. The number of benzene rings is 1. The van der Waals surface area contributed by atoms with Crippen LogP contribution in [0.25, 0.3) is 4.85 Å². The second-order valence-electron chi connectivity index (χ2n) is 8.24. The Kier molecular flexibility index (Phi) is 15.2. The van der Waals surface area contributed by atoms with E-state index in [0.29, 0.717) is 74.0 Å². The van der Waals surface area contributed by atoms with Crippen LogP contribution in [0, 0.1) is 20.4 Å². The summed E-state index contributed by atoms with van der Waals surface area (Å²) < 4.78 is 21.8. The van der Waals surface area contributed by atoms with Crippen molar-refractivity contribution >= 4 is 38.6 Å². The van der Waals surface area contributed by atoms with Gasteiger partial charge in [-0.25, -0.2) is 4.85 Å². The topological polar surface area (TPSA) is 153 Å². The van der Waals surface area contributed by atoms with Crippen LogP contribution in [-0.4, -0.2) is 95.3 Å². The molecule has 1 aromatic heterocycles. The fourth-order valence-electron chi connectivity index (χ4n) is 3.49. The Morgan fingerprint density at radius 1 is 0.949 bits per heavy atom. The van der Waals surface area contributed by atoms with Crippen LogP contribution in [0.5, 0.6) is 0 Å². The molecule has 0 aliphatic carbocycles. The second kappa shape index (κ2) is 18.3. The van der Waals surface area contributed by atoms with Crippen LogP contribution in [0.15, 0.2) is 28.4 Å². The van der Waals surface area contributed by atoms with Gasteiger partial charge in [0.05, 0.1) is 83.9 Å². The Morgan fingerprint density at radius 3 is 2.00 bits per heavy atom. The molecule has 1 aromatic carbocycles. The van der Waals surface area contributed by atoms with Gasteiger partial charge in [0, 0.05) is 18.8 Å². The molecule has 214 valence electrons. The van der Waals surface area contributed by atoms with Crippen molar-refractivity contribution in [2.45, 2.75) is 13.8 Å². The van der Waals surface area contributed by atoms with Crippen LogP contribution < -0.4 is 10.6 Å². The van der Waals surface area contributed by atoms with Gasteiger partial charge >= 0.3 is 0 Å². The van der Waals surface area contributed by atoms with E-state index in [9.17, 15) is 4.79 Å².